The van der Waals surface area contributed by atoms with Crippen LogP contribution in [0.2, 0.25) is 0 Å². The van der Waals surface area contributed by atoms with Crippen molar-refractivity contribution in [1.29, 1.82) is 0 Å². The van der Waals surface area contributed by atoms with E-state index in [9.17, 15) is 9.59 Å². The number of unbranched alkanes of at least 4 members (excludes halogenated alkanes) is 5. The van der Waals surface area contributed by atoms with Crippen molar-refractivity contribution in [2.75, 3.05) is 0 Å². The van der Waals surface area contributed by atoms with Gasteiger partial charge in [0.15, 0.2) is 0 Å². The molecule has 0 fully saturated rings. The van der Waals surface area contributed by atoms with Gasteiger partial charge in [-0.05, 0) is 18.4 Å². The Morgan fingerprint density at radius 2 is 1.61 bits per heavy atom. The van der Waals surface area contributed by atoms with E-state index >= 15 is 0 Å². The van der Waals surface area contributed by atoms with Crippen LogP contribution in [0.15, 0.2) is 30.3 Å². The molecule has 0 heterocycles. The predicted octanol–water partition coefficient (Wildman–Crippen LogP) is 3.26. The SMILES string of the molecule is NC(CCCCCCCCC(=O)OCc1ccccc1)C(=O)O. The van der Waals surface area contributed by atoms with Gasteiger partial charge >= 0.3 is 11.9 Å². The van der Waals surface area contributed by atoms with Crippen LogP contribution in [0.5, 0.6) is 0 Å². The average molecular weight is 321 g/mol. The highest BCUT2D eigenvalue weighted by atomic mass is 16.5. The quantitative estimate of drug-likeness (QED) is 0.455. The molecule has 0 aromatic heterocycles. The number of carboxylic acids is 1. The summed E-state index contributed by atoms with van der Waals surface area (Å²) in [6, 6.07) is 8.90. The number of esters is 1. The lowest BCUT2D eigenvalue weighted by Crippen LogP contribution is -2.29. The Kier molecular flexibility index (Phi) is 9.71. The number of carboxylic acid groups (broad SMARTS) is 1. The molecule has 128 valence electrons. The van der Waals surface area contributed by atoms with Crippen LogP contribution in [0.1, 0.15) is 56.9 Å². The van der Waals surface area contributed by atoms with Crippen LogP contribution in [-0.2, 0) is 20.9 Å². The minimum atomic E-state index is -0.931. The topological polar surface area (TPSA) is 89.6 Å². The molecule has 5 heteroatoms. The second-order valence-electron chi connectivity index (χ2n) is 5.75. The Balaban J connectivity index is 1.92. The Morgan fingerprint density at radius 1 is 1.00 bits per heavy atom. The molecule has 0 bridgehead atoms. The lowest BCUT2D eigenvalue weighted by Gasteiger charge is -2.06. The largest absolute Gasteiger partial charge is 0.480 e. The molecule has 1 rings (SSSR count). The summed E-state index contributed by atoms with van der Waals surface area (Å²) >= 11 is 0. The summed E-state index contributed by atoms with van der Waals surface area (Å²) < 4.78 is 5.21. The van der Waals surface area contributed by atoms with Crippen molar-refractivity contribution in [1.82, 2.24) is 0 Å². The first-order chi connectivity index (χ1) is 11.1. The van der Waals surface area contributed by atoms with Gasteiger partial charge in [-0.2, -0.15) is 0 Å². The fraction of sp³-hybridized carbons (Fsp3) is 0.556. The van der Waals surface area contributed by atoms with E-state index in [4.69, 9.17) is 15.6 Å². The smallest absolute Gasteiger partial charge is 0.320 e. The van der Waals surface area contributed by atoms with Gasteiger partial charge in [0.2, 0.25) is 0 Å². The van der Waals surface area contributed by atoms with E-state index < -0.39 is 12.0 Å². The molecule has 5 nitrogen and oxygen atoms in total. The van der Waals surface area contributed by atoms with Gasteiger partial charge in [0.1, 0.15) is 12.6 Å². The summed E-state index contributed by atoms with van der Waals surface area (Å²) in [7, 11) is 0. The Bertz CT molecular complexity index is 461. The molecular formula is C18H27NO4. The van der Waals surface area contributed by atoms with Crippen LogP contribution >= 0.6 is 0 Å². The first-order valence-corrected chi connectivity index (χ1v) is 8.27. The lowest BCUT2D eigenvalue weighted by molar-refractivity contribution is -0.145. The molecular weight excluding hydrogens is 294 g/mol. The van der Waals surface area contributed by atoms with Crippen LogP contribution in [-0.4, -0.2) is 23.1 Å². The van der Waals surface area contributed by atoms with Crippen LogP contribution in [0.25, 0.3) is 0 Å². The Morgan fingerprint density at radius 3 is 2.26 bits per heavy atom. The minimum absolute atomic E-state index is 0.152. The maximum atomic E-state index is 11.6. The van der Waals surface area contributed by atoms with Gasteiger partial charge in [-0.3, -0.25) is 9.59 Å². The van der Waals surface area contributed by atoms with E-state index in [1.165, 1.54) is 0 Å². The molecule has 0 aliphatic rings. The maximum Gasteiger partial charge on any atom is 0.320 e. The standard InChI is InChI=1S/C18H27NO4/c19-16(18(21)22)12-8-3-1-2-4-9-13-17(20)23-14-15-10-6-5-7-11-15/h5-7,10-11,16H,1-4,8-9,12-14,19H2,(H,21,22). The summed E-state index contributed by atoms with van der Waals surface area (Å²) in [5.41, 5.74) is 6.43. The van der Waals surface area contributed by atoms with E-state index in [0.29, 0.717) is 19.4 Å². The van der Waals surface area contributed by atoms with E-state index in [-0.39, 0.29) is 5.97 Å². The second-order valence-corrected chi connectivity index (χ2v) is 5.75. The van der Waals surface area contributed by atoms with Gasteiger partial charge in [-0.15, -0.1) is 0 Å². The van der Waals surface area contributed by atoms with Crippen molar-refractivity contribution in [3.8, 4) is 0 Å². The number of aliphatic carboxylic acids is 1. The normalized spacial score (nSPS) is 11.9. The lowest BCUT2D eigenvalue weighted by atomic mass is 10.1. The first kappa shape index (κ1) is 19.2. The number of rotatable bonds is 12. The van der Waals surface area contributed by atoms with E-state index in [0.717, 1.165) is 44.1 Å². The maximum absolute atomic E-state index is 11.6. The number of carbonyl (C=O) groups is 2. The van der Waals surface area contributed by atoms with E-state index in [1.807, 2.05) is 30.3 Å². The number of hydrogen-bond donors (Lipinski definition) is 2. The average Bonchev–Trinajstić information content (AvgIpc) is 2.56. The zero-order valence-corrected chi connectivity index (χ0v) is 13.6. The van der Waals surface area contributed by atoms with Gasteiger partial charge in [0.25, 0.3) is 0 Å². The first-order valence-electron chi connectivity index (χ1n) is 8.27. The fourth-order valence-corrected chi connectivity index (χ4v) is 2.27. The van der Waals surface area contributed by atoms with E-state index in [1.54, 1.807) is 0 Å². The van der Waals surface area contributed by atoms with Crippen molar-refractivity contribution in [2.45, 2.75) is 64.0 Å². The number of nitrogens with two attached hydrogens (primary N) is 1. The van der Waals surface area contributed by atoms with Crippen LogP contribution < -0.4 is 5.73 Å². The third-order valence-corrected chi connectivity index (χ3v) is 3.71. The van der Waals surface area contributed by atoms with Gasteiger partial charge in [0.05, 0.1) is 0 Å². The van der Waals surface area contributed by atoms with Crippen molar-refractivity contribution < 1.29 is 19.4 Å². The zero-order valence-electron chi connectivity index (χ0n) is 13.6. The highest BCUT2D eigenvalue weighted by Crippen LogP contribution is 2.10. The molecule has 0 saturated carbocycles. The van der Waals surface area contributed by atoms with Crippen molar-refractivity contribution >= 4 is 11.9 Å². The van der Waals surface area contributed by atoms with E-state index in [2.05, 4.69) is 0 Å². The molecule has 0 amide bonds. The second kappa shape index (κ2) is 11.7. The molecule has 1 atom stereocenters. The van der Waals surface area contributed by atoms with Crippen molar-refractivity contribution in [3.63, 3.8) is 0 Å². The Hall–Kier alpha value is -1.88. The number of hydrogen-bond acceptors (Lipinski definition) is 4. The highest BCUT2D eigenvalue weighted by Gasteiger charge is 2.09. The molecule has 0 aliphatic carbocycles. The third kappa shape index (κ3) is 9.68. The summed E-state index contributed by atoms with van der Waals surface area (Å²) in [5, 5.41) is 8.65. The van der Waals surface area contributed by atoms with Crippen LogP contribution in [0, 0.1) is 0 Å². The minimum Gasteiger partial charge on any atom is -0.480 e. The van der Waals surface area contributed by atoms with Crippen LogP contribution in [0.4, 0.5) is 0 Å². The van der Waals surface area contributed by atoms with Crippen LogP contribution in [0.3, 0.4) is 0 Å². The van der Waals surface area contributed by atoms with Gasteiger partial charge < -0.3 is 15.6 Å². The molecule has 3 N–H and O–H groups in total. The van der Waals surface area contributed by atoms with Gasteiger partial charge in [0, 0.05) is 6.42 Å². The summed E-state index contributed by atoms with van der Waals surface area (Å²) in [6.45, 7) is 0.337. The molecule has 1 aromatic rings. The fourth-order valence-electron chi connectivity index (χ4n) is 2.27. The van der Waals surface area contributed by atoms with Gasteiger partial charge in [-0.1, -0.05) is 62.4 Å². The summed E-state index contributed by atoms with van der Waals surface area (Å²) in [5.74, 6) is -1.08. The molecule has 0 aliphatic heterocycles. The Labute approximate surface area is 137 Å². The highest BCUT2D eigenvalue weighted by molar-refractivity contribution is 5.72. The summed E-state index contributed by atoms with van der Waals surface area (Å²) in [6.07, 6.45) is 6.73. The molecule has 0 saturated heterocycles. The third-order valence-electron chi connectivity index (χ3n) is 3.71. The molecule has 1 unspecified atom stereocenters. The zero-order chi connectivity index (χ0) is 16.9. The van der Waals surface area contributed by atoms with Gasteiger partial charge in [-0.25, -0.2) is 0 Å². The molecule has 1 aromatic carbocycles. The number of benzene rings is 1. The number of carbonyl (C=O) groups excluding carboxylic acids is 1. The monoisotopic (exact) mass is 321 g/mol. The predicted molar refractivity (Wildman–Crippen MR) is 88.8 cm³/mol. The molecule has 23 heavy (non-hydrogen) atoms. The van der Waals surface area contributed by atoms with Crippen molar-refractivity contribution in [2.24, 2.45) is 5.73 Å². The molecule has 0 spiro atoms. The summed E-state index contributed by atoms with van der Waals surface area (Å²) in [4.78, 5) is 22.1. The number of ether oxygens (including phenoxy) is 1. The van der Waals surface area contributed by atoms with Crippen molar-refractivity contribution in [3.05, 3.63) is 35.9 Å². The molecule has 0 radical (unpaired) electrons.